The molecular weight excluding hydrogens is 220 g/mol. The van der Waals surface area contributed by atoms with Crippen LogP contribution in [0.1, 0.15) is 41.0 Å². The first kappa shape index (κ1) is 16.2. The molecule has 0 aromatic carbocycles. The number of amides is 1. The van der Waals surface area contributed by atoms with Gasteiger partial charge in [-0.05, 0) is 47.6 Å². The maximum Gasteiger partial charge on any atom is 0.408 e. The summed E-state index contributed by atoms with van der Waals surface area (Å²) in [5.41, 5.74) is -0.859. The van der Waals surface area contributed by atoms with Crippen LogP contribution >= 0.6 is 0 Å². The van der Waals surface area contributed by atoms with E-state index in [1.54, 1.807) is 0 Å². The summed E-state index contributed by atoms with van der Waals surface area (Å²) in [6.07, 6.45) is 0.300. The Hall–Kier alpha value is -0.810. The number of rotatable bonds is 6. The molecule has 0 heterocycles. The van der Waals surface area contributed by atoms with Gasteiger partial charge in [-0.25, -0.2) is 4.79 Å². The lowest BCUT2D eigenvalue weighted by molar-refractivity contribution is 0.0472. The van der Waals surface area contributed by atoms with E-state index in [2.05, 4.69) is 10.6 Å². The molecular formula is C12H26N2O3. The van der Waals surface area contributed by atoms with Crippen molar-refractivity contribution in [2.24, 2.45) is 0 Å². The SMILES string of the molecule is CC(C)(CNCCCO)NC(=O)OC(C)(C)C. The predicted octanol–water partition coefficient (Wildman–Crippen LogP) is 1.26. The van der Waals surface area contributed by atoms with Crippen molar-refractivity contribution in [3.05, 3.63) is 0 Å². The minimum atomic E-state index is -0.482. The lowest BCUT2D eigenvalue weighted by Crippen LogP contribution is -2.51. The molecule has 0 atom stereocenters. The average Bonchev–Trinajstić information content (AvgIpc) is 2.08. The smallest absolute Gasteiger partial charge is 0.408 e. The molecule has 3 N–H and O–H groups in total. The van der Waals surface area contributed by atoms with E-state index in [4.69, 9.17) is 9.84 Å². The van der Waals surface area contributed by atoms with Gasteiger partial charge in [0.05, 0.1) is 5.54 Å². The van der Waals surface area contributed by atoms with Crippen LogP contribution in [0.15, 0.2) is 0 Å². The monoisotopic (exact) mass is 246 g/mol. The number of aliphatic hydroxyl groups excluding tert-OH is 1. The number of hydrogen-bond donors (Lipinski definition) is 3. The van der Waals surface area contributed by atoms with E-state index >= 15 is 0 Å². The molecule has 5 nitrogen and oxygen atoms in total. The van der Waals surface area contributed by atoms with Crippen LogP contribution in [0.4, 0.5) is 4.79 Å². The van der Waals surface area contributed by atoms with Gasteiger partial charge in [-0.1, -0.05) is 0 Å². The van der Waals surface area contributed by atoms with Crippen LogP contribution in [-0.4, -0.2) is 42.0 Å². The fraction of sp³-hybridized carbons (Fsp3) is 0.917. The number of nitrogens with one attached hydrogen (secondary N) is 2. The molecule has 0 spiro atoms. The Kier molecular flexibility index (Phi) is 6.49. The summed E-state index contributed by atoms with van der Waals surface area (Å²) in [6.45, 7) is 10.9. The summed E-state index contributed by atoms with van der Waals surface area (Å²) in [5.74, 6) is 0. The van der Waals surface area contributed by atoms with Crippen molar-refractivity contribution in [1.29, 1.82) is 0 Å². The Morgan fingerprint density at radius 3 is 2.29 bits per heavy atom. The Labute approximate surface area is 104 Å². The van der Waals surface area contributed by atoms with Crippen LogP contribution in [0, 0.1) is 0 Å². The molecule has 17 heavy (non-hydrogen) atoms. The fourth-order valence-electron chi connectivity index (χ4n) is 1.23. The van der Waals surface area contributed by atoms with Crippen LogP contribution in [0.3, 0.4) is 0 Å². The third-order valence-electron chi connectivity index (χ3n) is 1.92. The van der Waals surface area contributed by atoms with Crippen molar-refractivity contribution < 1.29 is 14.6 Å². The molecule has 0 aliphatic rings. The van der Waals surface area contributed by atoms with E-state index in [0.29, 0.717) is 13.0 Å². The Morgan fingerprint density at radius 2 is 1.82 bits per heavy atom. The minimum Gasteiger partial charge on any atom is -0.444 e. The molecule has 0 aliphatic heterocycles. The van der Waals surface area contributed by atoms with Gasteiger partial charge in [-0.2, -0.15) is 0 Å². The van der Waals surface area contributed by atoms with Crippen LogP contribution in [0.2, 0.25) is 0 Å². The van der Waals surface area contributed by atoms with E-state index < -0.39 is 11.7 Å². The number of alkyl carbamates (subject to hydrolysis) is 1. The average molecular weight is 246 g/mol. The van der Waals surface area contributed by atoms with E-state index in [-0.39, 0.29) is 12.1 Å². The summed E-state index contributed by atoms with van der Waals surface area (Å²) in [4.78, 5) is 11.6. The van der Waals surface area contributed by atoms with E-state index in [1.165, 1.54) is 0 Å². The Bertz CT molecular complexity index is 234. The zero-order valence-electron chi connectivity index (χ0n) is 11.6. The largest absolute Gasteiger partial charge is 0.444 e. The van der Waals surface area contributed by atoms with Crippen LogP contribution in [0.25, 0.3) is 0 Å². The molecule has 0 radical (unpaired) electrons. The number of carbonyl (C=O) groups is 1. The maximum absolute atomic E-state index is 11.6. The lowest BCUT2D eigenvalue weighted by atomic mass is 10.1. The topological polar surface area (TPSA) is 70.6 Å². The van der Waals surface area contributed by atoms with Crippen molar-refractivity contribution in [3.63, 3.8) is 0 Å². The summed E-state index contributed by atoms with van der Waals surface area (Å²) >= 11 is 0. The standard InChI is InChI=1S/C12H26N2O3/c1-11(2,3)17-10(16)14-12(4,5)9-13-7-6-8-15/h13,15H,6-9H2,1-5H3,(H,14,16). The first-order valence-corrected chi connectivity index (χ1v) is 5.99. The molecule has 102 valence electrons. The van der Waals surface area contributed by atoms with E-state index in [0.717, 1.165) is 6.54 Å². The van der Waals surface area contributed by atoms with Gasteiger partial charge in [0.15, 0.2) is 0 Å². The molecule has 0 bridgehead atoms. The van der Waals surface area contributed by atoms with Crippen molar-refractivity contribution in [2.75, 3.05) is 19.7 Å². The van der Waals surface area contributed by atoms with Crippen molar-refractivity contribution in [2.45, 2.75) is 52.2 Å². The van der Waals surface area contributed by atoms with Crippen LogP contribution in [-0.2, 0) is 4.74 Å². The van der Waals surface area contributed by atoms with Gasteiger partial charge < -0.3 is 20.5 Å². The van der Waals surface area contributed by atoms with Gasteiger partial charge in [0.25, 0.3) is 0 Å². The van der Waals surface area contributed by atoms with Gasteiger partial charge in [0.1, 0.15) is 5.60 Å². The molecule has 0 saturated carbocycles. The lowest BCUT2D eigenvalue weighted by Gasteiger charge is -2.28. The zero-order chi connectivity index (χ0) is 13.5. The van der Waals surface area contributed by atoms with Gasteiger partial charge in [0, 0.05) is 13.2 Å². The number of carbonyl (C=O) groups excluding carboxylic acids is 1. The van der Waals surface area contributed by atoms with Gasteiger partial charge in [0.2, 0.25) is 0 Å². The minimum absolute atomic E-state index is 0.174. The molecule has 0 fully saturated rings. The van der Waals surface area contributed by atoms with Crippen molar-refractivity contribution in [1.82, 2.24) is 10.6 Å². The van der Waals surface area contributed by atoms with E-state index in [1.807, 2.05) is 34.6 Å². The number of hydrogen-bond acceptors (Lipinski definition) is 4. The highest BCUT2D eigenvalue weighted by Crippen LogP contribution is 2.08. The molecule has 0 aromatic heterocycles. The molecule has 0 saturated heterocycles. The summed E-state index contributed by atoms with van der Waals surface area (Å²) < 4.78 is 5.18. The molecule has 1 amide bonds. The Morgan fingerprint density at radius 1 is 1.24 bits per heavy atom. The van der Waals surface area contributed by atoms with Gasteiger partial charge in [-0.15, -0.1) is 0 Å². The van der Waals surface area contributed by atoms with Gasteiger partial charge >= 0.3 is 6.09 Å². The molecule has 5 heteroatoms. The second-order valence-corrected chi connectivity index (χ2v) is 5.76. The van der Waals surface area contributed by atoms with Crippen LogP contribution in [0.5, 0.6) is 0 Å². The molecule has 0 rings (SSSR count). The number of aliphatic hydroxyl groups is 1. The molecule has 0 aromatic rings. The normalized spacial score (nSPS) is 12.4. The fourth-order valence-corrected chi connectivity index (χ4v) is 1.23. The second kappa shape index (κ2) is 6.81. The first-order chi connectivity index (χ1) is 7.66. The highest BCUT2D eigenvalue weighted by atomic mass is 16.6. The molecule has 0 unspecified atom stereocenters. The Balaban J connectivity index is 3.94. The third kappa shape index (κ3) is 10.1. The predicted molar refractivity (Wildman–Crippen MR) is 68.0 cm³/mol. The number of ether oxygens (including phenoxy) is 1. The highest BCUT2D eigenvalue weighted by Gasteiger charge is 2.23. The van der Waals surface area contributed by atoms with Crippen molar-refractivity contribution in [3.8, 4) is 0 Å². The summed E-state index contributed by atoms with van der Waals surface area (Å²) in [6, 6.07) is 0. The third-order valence-corrected chi connectivity index (χ3v) is 1.92. The quantitative estimate of drug-likeness (QED) is 0.617. The molecule has 0 aliphatic carbocycles. The first-order valence-electron chi connectivity index (χ1n) is 5.99. The highest BCUT2D eigenvalue weighted by molar-refractivity contribution is 5.68. The van der Waals surface area contributed by atoms with Crippen LogP contribution < -0.4 is 10.6 Å². The summed E-state index contributed by atoms with van der Waals surface area (Å²) in [5, 5.41) is 14.6. The zero-order valence-corrected chi connectivity index (χ0v) is 11.6. The van der Waals surface area contributed by atoms with Crippen molar-refractivity contribution >= 4 is 6.09 Å². The second-order valence-electron chi connectivity index (χ2n) is 5.76. The maximum atomic E-state index is 11.6. The van der Waals surface area contributed by atoms with Gasteiger partial charge in [-0.3, -0.25) is 0 Å². The summed E-state index contributed by atoms with van der Waals surface area (Å²) in [7, 11) is 0. The van der Waals surface area contributed by atoms with E-state index in [9.17, 15) is 4.79 Å².